The molecule has 1 atom stereocenters. The van der Waals surface area contributed by atoms with E-state index in [0.29, 0.717) is 6.61 Å². The monoisotopic (exact) mass is 388 g/mol. The van der Waals surface area contributed by atoms with Crippen molar-refractivity contribution in [2.45, 2.75) is 116 Å². The van der Waals surface area contributed by atoms with Crippen LogP contribution >= 0.6 is 0 Å². The normalized spacial score (nSPS) is 12.1. The molecule has 0 aromatic heterocycles. The summed E-state index contributed by atoms with van der Waals surface area (Å²) in [6.07, 6.45) is 19.9. The van der Waals surface area contributed by atoms with Crippen LogP contribution in [-0.4, -0.2) is 12.6 Å². The molecule has 0 aliphatic rings. The van der Waals surface area contributed by atoms with Crippen LogP contribution in [0.3, 0.4) is 0 Å². The summed E-state index contributed by atoms with van der Waals surface area (Å²) in [5.74, 6) is 0.609. The minimum absolute atomic E-state index is 0.156. The van der Waals surface area contributed by atoms with E-state index in [-0.39, 0.29) is 5.97 Å². The lowest BCUT2D eigenvalue weighted by Gasteiger charge is -2.16. The van der Waals surface area contributed by atoms with Gasteiger partial charge >= 0.3 is 5.97 Å². The molecule has 0 aliphatic carbocycles. The lowest BCUT2D eigenvalue weighted by Crippen LogP contribution is -2.00. The second-order valence-electron chi connectivity index (χ2n) is 8.27. The molecule has 2 nitrogen and oxygen atoms in total. The number of ether oxygens (including phenoxy) is 1. The van der Waals surface area contributed by atoms with E-state index >= 15 is 0 Å². The predicted octanol–water partition coefficient (Wildman–Crippen LogP) is 8.20. The van der Waals surface area contributed by atoms with Crippen LogP contribution in [0.1, 0.15) is 122 Å². The van der Waals surface area contributed by atoms with Crippen molar-refractivity contribution >= 4 is 5.97 Å². The molecule has 2 heteroatoms. The summed E-state index contributed by atoms with van der Waals surface area (Å²) >= 11 is 0. The Balaban J connectivity index is 1.88. The smallest absolute Gasteiger partial charge is 0.302 e. The van der Waals surface area contributed by atoms with Gasteiger partial charge in [0.15, 0.2) is 0 Å². The topological polar surface area (TPSA) is 26.3 Å². The van der Waals surface area contributed by atoms with Gasteiger partial charge in [-0.05, 0) is 30.7 Å². The van der Waals surface area contributed by atoms with Crippen LogP contribution in [0.15, 0.2) is 30.3 Å². The molecule has 0 amide bonds. The van der Waals surface area contributed by atoms with Gasteiger partial charge in [-0.2, -0.15) is 0 Å². The van der Waals surface area contributed by atoms with E-state index in [1.54, 1.807) is 0 Å². The zero-order valence-electron chi connectivity index (χ0n) is 18.6. The van der Waals surface area contributed by atoms with Crippen LogP contribution in [0.5, 0.6) is 0 Å². The van der Waals surface area contributed by atoms with Crippen LogP contribution < -0.4 is 0 Å². The summed E-state index contributed by atoms with van der Waals surface area (Å²) in [4.78, 5) is 10.7. The minimum Gasteiger partial charge on any atom is -0.466 e. The van der Waals surface area contributed by atoms with E-state index in [1.165, 1.54) is 102 Å². The number of hydrogen-bond donors (Lipinski definition) is 0. The van der Waals surface area contributed by atoms with Gasteiger partial charge in [0, 0.05) is 6.92 Å². The summed E-state index contributed by atoms with van der Waals surface area (Å²) in [7, 11) is 0. The molecule has 1 rings (SSSR count). The third-order valence-corrected chi connectivity index (χ3v) is 5.66. The highest BCUT2D eigenvalue weighted by atomic mass is 16.5. The van der Waals surface area contributed by atoms with Crippen molar-refractivity contribution in [1.82, 2.24) is 0 Å². The number of hydrogen-bond acceptors (Lipinski definition) is 2. The Morgan fingerprint density at radius 2 is 1.25 bits per heavy atom. The largest absolute Gasteiger partial charge is 0.466 e. The van der Waals surface area contributed by atoms with E-state index < -0.39 is 0 Å². The van der Waals surface area contributed by atoms with Crippen LogP contribution in [-0.2, 0) is 9.53 Å². The Hall–Kier alpha value is -1.31. The number of benzene rings is 1. The van der Waals surface area contributed by atoms with Crippen molar-refractivity contribution in [2.75, 3.05) is 6.61 Å². The maximum absolute atomic E-state index is 10.7. The Morgan fingerprint density at radius 1 is 0.750 bits per heavy atom. The highest BCUT2D eigenvalue weighted by Crippen LogP contribution is 2.27. The number of unbranched alkanes of at least 4 members (excludes halogenated alkanes) is 11. The number of esters is 1. The molecular formula is C26H44O2. The molecule has 160 valence electrons. The number of carbonyl (C=O) groups is 1. The Kier molecular flexibility index (Phi) is 15.7. The van der Waals surface area contributed by atoms with E-state index in [0.717, 1.165) is 12.3 Å². The predicted molar refractivity (Wildman–Crippen MR) is 121 cm³/mol. The highest BCUT2D eigenvalue weighted by Gasteiger charge is 2.09. The second kappa shape index (κ2) is 17.8. The molecule has 0 N–H and O–H groups in total. The lowest BCUT2D eigenvalue weighted by molar-refractivity contribution is -0.141. The quantitative estimate of drug-likeness (QED) is 0.187. The van der Waals surface area contributed by atoms with Crippen molar-refractivity contribution in [3.63, 3.8) is 0 Å². The van der Waals surface area contributed by atoms with Crippen LogP contribution in [0.25, 0.3) is 0 Å². The van der Waals surface area contributed by atoms with Gasteiger partial charge < -0.3 is 4.74 Å². The molecule has 0 heterocycles. The molecule has 1 aromatic rings. The molecule has 0 bridgehead atoms. The maximum atomic E-state index is 10.7. The van der Waals surface area contributed by atoms with Gasteiger partial charge in [0.25, 0.3) is 0 Å². The first kappa shape index (κ1) is 24.7. The minimum atomic E-state index is -0.156. The third-order valence-electron chi connectivity index (χ3n) is 5.66. The van der Waals surface area contributed by atoms with Gasteiger partial charge in [-0.3, -0.25) is 4.79 Å². The molecule has 1 unspecified atom stereocenters. The average Bonchev–Trinajstić information content (AvgIpc) is 2.70. The Bertz CT molecular complexity index is 469. The van der Waals surface area contributed by atoms with E-state index in [4.69, 9.17) is 4.74 Å². The molecule has 0 radical (unpaired) electrons. The van der Waals surface area contributed by atoms with Crippen LogP contribution in [0.4, 0.5) is 0 Å². The first-order valence-electron chi connectivity index (χ1n) is 11.9. The highest BCUT2D eigenvalue weighted by molar-refractivity contribution is 5.65. The van der Waals surface area contributed by atoms with Crippen LogP contribution in [0, 0.1) is 0 Å². The fraction of sp³-hybridized carbons (Fsp3) is 0.731. The van der Waals surface area contributed by atoms with Crippen molar-refractivity contribution in [1.29, 1.82) is 0 Å². The Labute approximate surface area is 174 Å². The van der Waals surface area contributed by atoms with Gasteiger partial charge in [0.05, 0.1) is 6.61 Å². The molecule has 0 saturated carbocycles. The fourth-order valence-electron chi connectivity index (χ4n) is 4.03. The van der Waals surface area contributed by atoms with Crippen molar-refractivity contribution in [3.8, 4) is 0 Å². The van der Waals surface area contributed by atoms with Crippen LogP contribution in [0.2, 0.25) is 0 Å². The summed E-state index contributed by atoms with van der Waals surface area (Å²) in [6, 6.07) is 11.1. The van der Waals surface area contributed by atoms with E-state index in [1.807, 2.05) is 0 Å². The molecule has 0 fully saturated rings. The van der Waals surface area contributed by atoms with Gasteiger partial charge in [-0.1, -0.05) is 114 Å². The molecule has 1 aromatic carbocycles. The summed E-state index contributed by atoms with van der Waals surface area (Å²) in [5.41, 5.74) is 1.54. The molecule has 0 saturated heterocycles. The standard InChI is InChI=1S/C26H44O2/c1-3-19-25(26-21-16-14-17-22-26)20-15-12-10-8-6-4-5-7-9-11-13-18-23-28-24(2)27/h14,16-17,21-22,25H,3-13,15,18-20,23H2,1-2H3. The number of rotatable bonds is 18. The van der Waals surface area contributed by atoms with Gasteiger partial charge in [-0.25, -0.2) is 0 Å². The van der Waals surface area contributed by atoms with Crippen molar-refractivity contribution in [3.05, 3.63) is 35.9 Å². The molecule has 28 heavy (non-hydrogen) atoms. The van der Waals surface area contributed by atoms with Crippen molar-refractivity contribution < 1.29 is 9.53 Å². The summed E-state index contributed by atoms with van der Waals surface area (Å²) in [5, 5.41) is 0. The molecular weight excluding hydrogens is 344 g/mol. The van der Waals surface area contributed by atoms with Gasteiger partial charge in [0.2, 0.25) is 0 Å². The third kappa shape index (κ3) is 13.8. The maximum Gasteiger partial charge on any atom is 0.302 e. The zero-order chi connectivity index (χ0) is 20.3. The van der Waals surface area contributed by atoms with E-state index in [9.17, 15) is 4.79 Å². The lowest BCUT2D eigenvalue weighted by atomic mass is 9.89. The second-order valence-corrected chi connectivity index (χ2v) is 8.27. The van der Waals surface area contributed by atoms with Crippen molar-refractivity contribution in [2.24, 2.45) is 0 Å². The van der Waals surface area contributed by atoms with Gasteiger partial charge in [0.1, 0.15) is 0 Å². The first-order valence-corrected chi connectivity index (χ1v) is 11.9. The average molecular weight is 389 g/mol. The molecule has 0 spiro atoms. The first-order chi connectivity index (χ1) is 13.7. The number of carbonyl (C=O) groups excluding carboxylic acids is 1. The summed E-state index contributed by atoms with van der Waals surface area (Å²) < 4.78 is 4.95. The fourth-order valence-corrected chi connectivity index (χ4v) is 4.03. The van der Waals surface area contributed by atoms with Gasteiger partial charge in [-0.15, -0.1) is 0 Å². The van der Waals surface area contributed by atoms with E-state index in [2.05, 4.69) is 37.3 Å². The summed E-state index contributed by atoms with van der Waals surface area (Å²) in [6.45, 7) is 4.38. The molecule has 0 aliphatic heterocycles. The zero-order valence-corrected chi connectivity index (χ0v) is 18.6. The SMILES string of the molecule is CCCC(CCCCCCCCCCCCCCOC(C)=O)c1ccccc1. The Morgan fingerprint density at radius 3 is 1.75 bits per heavy atom.